The van der Waals surface area contributed by atoms with Gasteiger partial charge in [0.2, 0.25) is 5.91 Å². The van der Waals surface area contributed by atoms with Gasteiger partial charge in [0.1, 0.15) is 6.04 Å². The van der Waals surface area contributed by atoms with Crippen LogP contribution in [0.1, 0.15) is 58.5 Å². The lowest BCUT2D eigenvalue weighted by molar-refractivity contribution is -0.141. The molecule has 0 aliphatic carbocycles. The monoisotopic (exact) mass is 527 g/mol. The zero-order chi connectivity index (χ0) is 27.7. The number of nitrogens with zero attached hydrogens (tertiary/aromatic N) is 2. The molecule has 2 heterocycles. The molecule has 3 amide bonds. The number of imide groups is 1. The average molecular weight is 528 g/mol. The lowest BCUT2D eigenvalue weighted by atomic mass is 9.97. The zero-order valence-electron chi connectivity index (χ0n) is 22.2. The molecule has 2 aliphatic rings. The Bertz CT molecular complexity index is 1390. The highest BCUT2D eigenvalue weighted by molar-refractivity contribution is 6.23. The summed E-state index contributed by atoms with van der Waals surface area (Å²) in [6.45, 7) is 4.99. The van der Waals surface area contributed by atoms with Crippen LogP contribution in [0.4, 0.5) is 0 Å². The van der Waals surface area contributed by atoms with E-state index in [4.69, 9.17) is 0 Å². The first-order chi connectivity index (χ1) is 18.7. The minimum atomic E-state index is -1.12. The van der Waals surface area contributed by atoms with Crippen molar-refractivity contribution in [3.05, 3.63) is 82.9 Å². The smallest absolute Gasteiger partial charge is 0.320 e. The van der Waals surface area contributed by atoms with E-state index in [0.717, 1.165) is 27.7 Å². The number of fused-ring (bicyclic) bond motifs is 3. The third kappa shape index (κ3) is 5.43. The second-order valence-electron chi connectivity index (χ2n) is 10.8. The molecule has 0 bridgehead atoms. The molecule has 2 atom stereocenters. The summed E-state index contributed by atoms with van der Waals surface area (Å²) in [5, 5.41) is 14.8. The Balaban J connectivity index is 1.29. The number of carboxylic acids is 1. The molecule has 8 heteroatoms. The van der Waals surface area contributed by atoms with Crippen molar-refractivity contribution < 1.29 is 24.3 Å². The van der Waals surface area contributed by atoms with E-state index in [-0.39, 0.29) is 24.8 Å². The second kappa shape index (κ2) is 11.0. The van der Waals surface area contributed by atoms with Crippen LogP contribution in [0.25, 0.3) is 10.8 Å². The topological polar surface area (TPSA) is 107 Å². The van der Waals surface area contributed by atoms with Gasteiger partial charge >= 0.3 is 5.97 Å². The molecule has 0 aromatic heterocycles. The van der Waals surface area contributed by atoms with Crippen LogP contribution < -0.4 is 5.32 Å². The molecule has 8 nitrogen and oxygen atoms in total. The molecule has 0 saturated heterocycles. The molecule has 2 aliphatic heterocycles. The molecule has 39 heavy (non-hydrogen) atoms. The van der Waals surface area contributed by atoms with E-state index < -0.39 is 29.9 Å². The number of nitrogens with one attached hydrogen (secondary N) is 1. The van der Waals surface area contributed by atoms with Crippen molar-refractivity contribution in [1.82, 2.24) is 15.1 Å². The fourth-order valence-electron chi connectivity index (χ4n) is 5.58. The molecule has 0 fully saturated rings. The summed E-state index contributed by atoms with van der Waals surface area (Å²) < 4.78 is 0. The number of hydrogen-bond donors (Lipinski definition) is 2. The van der Waals surface area contributed by atoms with Gasteiger partial charge < -0.3 is 10.0 Å². The van der Waals surface area contributed by atoms with E-state index in [1.54, 1.807) is 17.0 Å². The molecular weight excluding hydrogens is 494 g/mol. The summed E-state index contributed by atoms with van der Waals surface area (Å²) in [7, 11) is 0. The molecule has 3 aromatic rings. The van der Waals surface area contributed by atoms with Gasteiger partial charge in [-0.2, -0.15) is 0 Å². The number of carbonyl (C=O) groups excluding carboxylic acids is 3. The largest absolute Gasteiger partial charge is 0.480 e. The molecule has 3 aromatic carbocycles. The maximum absolute atomic E-state index is 13.6. The quantitative estimate of drug-likeness (QED) is 0.409. The van der Waals surface area contributed by atoms with E-state index >= 15 is 0 Å². The van der Waals surface area contributed by atoms with Gasteiger partial charge in [-0.1, -0.05) is 62.4 Å². The van der Waals surface area contributed by atoms with Crippen LogP contribution in [0.2, 0.25) is 0 Å². The van der Waals surface area contributed by atoms with Crippen LogP contribution in [0, 0.1) is 5.92 Å². The molecule has 1 unspecified atom stereocenters. The third-order valence-electron chi connectivity index (χ3n) is 7.63. The molecule has 2 N–H and O–H groups in total. The van der Waals surface area contributed by atoms with Gasteiger partial charge in [-0.25, -0.2) is 0 Å². The van der Waals surface area contributed by atoms with Gasteiger partial charge in [-0.15, -0.1) is 0 Å². The average Bonchev–Trinajstić information content (AvgIpc) is 3.16. The third-order valence-corrected chi connectivity index (χ3v) is 7.63. The number of aliphatic carboxylic acids is 1. The molecule has 0 radical (unpaired) electrons. The van der Waals surface area contributed by atoms with E-state index in [0.29, 0.717) is 30.6 Å². The van der Waals surface area contributed by atoms with Crippen molar-refractivity contribution in [1.29, 1.82) is 0 Å². The summed E-state index contributed by atoms with van der Waals surface area (Å²) in [5.74, 6) is -1.94. The summed E-state index contributed by atoms with van der Waals surface area (Å²) >= 11 is 0. The second-order valence-corrected chi connectivity index (χ2v) is 10.8. The van der Waals surface area contributed by atoms with Crippen LogP contribution in [-0.2, 0) is 22.6 Å². The maximum Gasteiger partial charge on any atom is 0.320 e. The Kier molecular flexibility index (Phi) is 7.48. The van der Waals surface area contributed by atoms with Gasteiger partial charge in [0, 0.05) is 19.6 Å². The molecular formula is C31H33N3O5. The number of rotatable bonds is 9. The lowest BCUT2D eigenvalue weighted by Crippen LogP contribution is -2.54. The fraction of sp³-hybridized carbons (Fsp3) is 0.355. The van der Waals surface area contributed by atoms with Crippen molar-refractivity contribution in [3.8, 4) is 0 Å². The van der Waals surface area contributed by atoms with E-state index in [2.05, 4.69) is 11.4 Å². The number of benzene rings is 3. The Morgan fingerprint density at radius 2 is 1.49 bits per heavy atom. The lowest BCUT2D eigenvalue weighted by Gasteiger charge is -2.34. The Morgan fingerprint density at radius 3 is 2.08 bits per heavy atom. The van der Waals surface area contributed by atoms with Crippen LogP contribution >= 0.6 is 0 Å². The number of carboxylic acid groups (broad SMARTS) is 1. The zero-order valence-corrected chi connectivity index (χ0v) is 22.2. The van der Waals surface area contributed by atoms with Gasteiger partial charge in [0.05, 0.1) is 17.2 Å². The molecule has 0 spiro atoms. The summed E-state index contributed by atoms with van der Waals surface area (Å²) in [4.78, 5) is 54.9. The molecule has 202 valence electrons. The summed E-state index contributed by atoms with van der Waals surface area (Å²) in [6.07, 6.45) is 1.22. The van der Waals surface area contributed by atoms with Gasteiger partial charge in [0.15, 0.2) is 0 Å². The van der Waals surface area contributed by atoms with Crippen molar-refractivity contribution in [3.63, 3.8) is 0 Å². The van der Waals surface area contributed by atoms with Gasteiger partial charge in [-0.05, 0) is 59.2 Å². The van der Waals surface area contributed by atoms with Crippen molar-refractivity contribution in [2.24, 2.45) is 5.92 Å². The van der Waals surface area contributed by atoms with Crippen LogP contribution in [0.5, 0.6) is 0 Å². The Labute approximate surface area is 227 Å². The number of carbonyl (C=O) groups is 4. The van der Waals surface area contributed by atoms with Gasteiger partial charge in [-0.3, -0.25) is 29.4 Å². The standard InChI is InChI=1S/C31H33N3O5/c1-19(2)15-27(30(37)33-13-11-20-7-3-6-10-23(20)18-33)32-26(31(38)39)12-14-34-28(35)24-16-21-8-4-5-9-22(21)17-25(24)29(34)36/h3-10,16-17,19,26-27,32H,11-15,18H2,1-2H3,(H,38,39)/t26?,27-/m1/s1. The van der Waals surface area contributed by atoms with Crippen LogP contribution in [0.3, 0.4) is 0 Å². The molecule has 0 saturated carbocycles. The summed E-state index contributed by atoms with van der Waals surface area (Å²) in [5.41, 5.74) is 2.99. The highest BCUT2D eigenvalue weighted by atomic mass is 16.4. The fourth-order valence-corrected chi connectivity index (χ4v) is 5.58. The van der Waals surface area contributed by atoms with E-state index in [9.17, 15) is 24.3 Å². The minimum absolute atomic E-state index is 0.00890. The highest BCUT2D eigenvalue weighted by Gasteiger charge is 2.37. The van der Waals surface area contributed by atoms with Crippen LogP contribution in [-0.4, -0.2) is 63.8 Å². The van der Waals surface area contributed by atoms with Crippen molar-refractivity contribution in [2.75, 3.05) is 13.1 Å². The van der Waals surface area contributed by atoms with E-state index in [1.165, 1.54) is 5.56 Å². The maximum atomic E-state index is 13.6. The number of hydrogen-bond acceptors (Lipinski definition) is 5. The minimum Gasteiger partial charge on any atom is -0.480 e. The normalized spacial score (nSPS) is 16.4. The van der Waals surface area contributed by atoms with Crippen molar-refractivity contribution >= 4 is 34.5 Å². The predicted molar refractivity (Wildman–Crippen MR) is 147 cm³/mol. The van der Waals surface area contributed by atoms with Crippen LogP contribution in [0.15, 0.2) is 60.7 Å². The first-order valence-corrected chi connectivity index (χ1v) is 13.5. The highest BCUT2D eigenvalue weighted by Crippen LogP contribution is 2.28. The Morgan fingerprint density at radius 1 is 0.897 bits per heavy atom. The summed E-state index contributed by atoms with van der Waals surface area (Å²) in [6, 6.07) is 17.2. The molecule has 5 rings (SSSR count). The van der Waals surface area contributed by atoms with E-state index in [1.807, 2.05) is 56.3 Å². The van der Waals surface area contributed by atoms with Gasteiger partial charge in [0.25, 0.3) is 11.8 Å². The first-order valence-electron chi connectivity index (χ1n) is 13.5. The number of amides is 3. The predicted octanol–water partition coefficient (Wildman–Crippen LogP) is 3.87. The first kappa shape index (κ1) is 26.6. The SMILES string of the molecule is CC(C)C[C@@H](NC(CCN1C(=O)c2cc3ccccc3cc2C1=O)C(=O)O)C(=O)N1CCc2ccccc2C1. The Hall–Kier alpha value is -4.04. The van der Waals surface area contributed by atoms with Crippen molar-refractivity contribution in [2.45, 2.75) is 51.7 Å².